The van der Waals surface area contributed by atoms with Gasteiger partial charge >= 0.3 is 6.03 Å². The number of anilines is 1. The van der Waals surface area contributed by atoms with Crippen LogP contribution in [0.1, 0.15) is 42.8 Å². The number of carbonyl (C=O) groups is 1. The predicted octanol–water partition coefficient (Wildman–Crippen LogP) is 5.15. The summed E-state index contributed by atoms with van der Waals surface area (Å²) in [6, 6.07) is 9.93. The zero-order valence-corrected chi connectivity index (χ0v) is 15.2. The molecule has 1 aliphatic rings. The minimum Gasteiger partial charge on any atom is -0.345 e. The van der Waals surface area contributed by atoms with Crippen molar-refractivity contribution in [2.45, 2.75) is 46.2 Å². The molecule has 1 aromatic carbocycles. The van der Waals surface area contributed by atoms with Gasteiger partial charge in [-0.15, -0.1) is 0 Å². The van der Waals surface area contributed by atoms with Crippen molar-refractivity contribution in [1.82, 2.24) is 9.47 Å². The van der Waals surface area contributed by atoms with E-state index in [1.165, 1.54) is 11.4 Å². The number of hydrogen-bond donors (Lipinski definition) is 1. The number of amides is 2. The van der Waals surface area contributed by atoms with E-state index in [-0.39, 0.29) is 12.1 Å². The Kier molecular flexibility index (Phi) is 4.86. The standard InChI is InChI=1S/C19H24ClN3O/c1-4-5-17-18-9-7-14(3)22(18)10-11-23(17)19(24)21-16-12-15(20)8-6-13(16)2/h6-9,12,17H,4-5,10-11H2,1-3H3,(H,21,24)/t17-/m1/s1. The molecule has 0 bridgehead atoms. The fraction of sp³-hybridized carbons (Fsp3) is 0.421. The van der Waals surface area contributed by atoms with Crippen molar-refractivity contribution in [3.63, 3.8) is 0 Å². The van der Waals surface area contributed by atoms with E-state index < -0.39 is 0 Å². The van der Waals surface area contributed by atoms with Crippen LogP contribution in [-0.4, -0.2) is 22.0 Å². The number of halogens is 1. The highest BCUT2D eigenvalue weighted by atomic mass is 35.5. The van der Waals surface area contributed by atoms with Crippen LogP contribution < -0.4 is 5.32 Å². The molecule has 1 aromatic heterocycles. The van der Waals surface area contributed by atoms with Gasteiger partial charge in [0.1, 0.15) is 0 Å². The summed E-state index contributed by atoms with van der Waals surface area (Å²) in [5.74, 6) is 0. The first kappa shape index (κ1) is 16.9. The molecular weight excluding hydrogens is 322 g/mol. The van der Waals surface area contributed by atoms with Gasteiger partial charge < -0.3 is 14.8 Å². The summed E-state index contributed by atoms with van der Waals surface area (Å²) in [6.45, 7) is 7.82. The third-order valence-corrected chi connectivity index (χ3v) is 5.01. The molecule has 128 valence electrons. The van der Waals surface area contributed by atoms with E-state index in [1.807, 2.05) is 24.0 Å². The van der Waals surface area contributed by atoms with Crippen molar-refractivity contribution in [2.75, 3.05) is 11.9 Å². The van der Waals surface area contributed by atoms with Gasteiger partial charge in [-0.25, -0.2) is 4.79 Å². The lowest BCUT2D eigenvalue weighted by molar-refractivity contribution is 0.162. The first-order chi connectivity index (χ1) is 11.5. The molecule has 5 heteroatoms. The first-order valence-electron chi connectivity index (χ1n) is 8.51. The Morgan fingerprint density at radius 1 is 1.25 bits per heavy atom. The molecule has 0 aliphatic carbocycles. The van der Waals surface area contributed by atoms with E-state index in [0.717, 1.165) is 37.2 Å². The van der Waals surface area contributed by atoms with E-state index in [2.05, 4.69) is 35.9 Å². The maximum Gasteiger partial charge on any atom is 0.322 e. The number of fused-ring (bicyclic) bond motifs is 1. The second-order valence-corrected chi connectivity index (χ2v) is 6.87. The maximum absolute atomic E-state index is 12.9. The fourth-order valence-electron chi connectivity index (χ4n) is 3.45. The van der Waals surface area contributed by atoms with E-state index in [1.54, 1.807) is 6.07 Å². The van der Waals surface area contributed by atoms with Crippen LogP contribution in [0.25, 0.3) is 0 Å². The zero-order valence-electron chi connectivity index (χ0n) is 14.5. The molecule has 0 unspecified atom stereocenters. The van der Waals surface area contributed by atoms with Crippen LogP contribution in [0.3, 0.4) is 0 Å². The van der Waals surface area contributed by atoms with Gasteiger partial charge in [-0.1, -0.05) is 31.0 Å². The SMILES string of the molecule is CCC[C@@H]1c2ccc(C)n2CCN1C(=O)Nc1cc(Cl)ccc1C. The maximum atomic E-state index is 12.9. The highest BCUT2D eigenvalue weighted by Crippen LogP contribution is 2.32. The molecule has 2 heterocycles. The minimum absolute atomic E-state index is 0.0519. The Morgan fingerprint density at radius 3 is 2.79 bits per heavy atom. The van der Waals surface area contributed by atoms with Crippen molar-refractivity contribution in [3.05, 3.63) is 52.3 Å². The number of aryl methyl sites for hydroxylation is 2. The summed E-state index contributed by atoms with van der Waals surface area (Å²) in [7, 11) is 0. The number of nitrogens with zero attached hydrogens (tertiary/aromatic N) is 2. The van der Waals surface area contributed by atoms with Crippen molar-refractivity contribution in [3.8, 4) is 0 Å². The number of hydrogen-bond acceptors (Lipinski definition) is 1. The number of rotatable bonds is 3. The number of urea groups is 1. The summed E-state index contributed by atoms with van der Waals surface area (Å²) >= 11 is 6.07. The number of nitrogens with one attached hydrogen (secondary N) is 1. The Hall–Kier alpha value is -1.94. The van der Waals surface area contributed by atoms with Crippen LogP contribution in [0, 0.1) is 13.8 Å². The Bertz CT molecular complexity index is 753. The Labute approximate surface area is 148 Å². The molecule has 0 spiro atoms. The third kappa shape index (κ3) is 3.16. The molecule has 1 aliphatic heterocycles. The van der Waals surface area contributed by atoms with Gasteiger partial charge in [-0.2, -0.15) is 0 Å². The average molecular weight is 346 g/mol. The summed E-state index contributed by atoms with van der Waals surface area (Å²) in [4.78, 5) is 14.9. The molecule has 1 N–H and O–H groups in total. The Balaban J connectivity index is 1.84. The van der Waals surface area contributed by atoms with Crippen molar-refractivity contribution in [2.24, 2.45) is 0 Å². The van der Waals surface area contributed by atoms with Crippen LogP contribution in [0.2, 0.25) is 5.02 Å². The topological polar surface area (TPSA) is 37.3 Å². The van der Waals surface area contributed by atoms with Crippen LogP contribution >= 0.6 is 11.6 Å². The number of carbonyl (C=O) groups excluding carboxylic acids is 1. The van der Waals surface area contributed by atoms with Crippen LogP contribution in [-0.2, 0) is 6.54 Å². The summed E-state index contributed by atoms with van der Waals surface area (Å²) in [6.07, 6.45) is 2.00. The smallest absolute Gasteiger partial charge is 0.322 e. The number of benzene rings is 1. The lowest BCUT2D eigenvalue weighted by Gasteiger charge is -2.37. The van der Waals surface area contributed by atoms with E-state index in [0.29, 0.717) is 5.02 Å². The minimum atomic E-state index is -0.0519. The summed E-state index contributed by atoms with van der Waals surface area (Å²) < 4.78 is 2.33. The average Bonchev–Trinajstić information content (AvgIpc) is 2.93. The van der Waals surface area contributed by atoms with Gasteiger partial charge in [0.25, 0.3) is 0 Å². The molecule has 24 heavy (non-hydrogen) atoms. The molecule has 0 saturated heterocycles. The van der Waals surface area contributed by atoms with Crippen molar-refractivity contribution in [1.29, 1.82) is 0 Å². The van der Waals surface area contributed by atoms with Crippen LogP contribution in [0.5, 0.6) is 0 Å². The second kappa shape index (κ2) is 6.89. The van der Waals surface area contributed by atoms with Gasteiger partial charge in [0.15, 0.2) is 0 Å². The van der Waals surface area contributed by atoms with E-state index in [9.17, 15) is 4.79 Å². The summed E-state index contributed by atoms with van der Waals surface area (Å²) in [5.41, 5.74) is 4.28. The number of aromatic nitrogens is 1. The van der Waals surface area contributed by atoms with Gasteiger partial charge in [0.2, 0.25) is 0 Å². The van der Waals surface area contributed by atoms with Crippen LogP contribution in [0.15, 0.2) is 30.3 Å². The third-order valence-electron chi connectivity index (χ3n) is 4.78. The monoisotopic (exact) mass is 345 g/mol. The lowest BCUT2D eigenvalue weighted by atomic mass is 10.0. The second-order valence-electron chi connectivity index (χ2n) is 6.44. The van der Waals surface area contributed by atoms with E-state index in [4.69, 9.17) is 11.6 Å². The van der Waals surface area contributed by atoms with Gasteiger partial charge in [-0.05, 0) is 50.1 Å². The highest BCUT2D eigenvalue weighted by molar-refractivity contribution is 6.31. The highest BCUT2D eigenvalue weighted by Gasteiger charge is 2.31. The van der Waals surface area contributed by atoms with E-state index >= 15 is 0 Å². The zero-order chi connectivity index (χ0) is 17.3. The van der Waals surface area contributed by atoms with Crippen LogP contribution in [0.4, 0.5) is 10.5 Å². The molecule has 3 rings (SSSR count). The molecule has 1 atom stereocenters. The molecule has 2 amide bonds. The van der Waals surface area contributed by atoms with Gasteiger partial charge in [-0.3, -0.25) is 0 Å². The molecular formula is C19H24ClN3O. The van der Waals surface area contributed by atoms with Gasteiger partial charge in [0, 0.05) is 35.2 Å². The molecule has 0 fully saturated rings. The quantitative estimate of drug-likeness (QED) is 0.820. The van der Waals surface area contributed by atoms with Gasteiger partial charge in [0.05, 0.1) is 6.04 Å². The summed E-state index contributed by atoms with van der Waals surface area (Å²) in [5, 5.41) is 3.67. The lowest BCUT2D eigenvalue weighted by Crippen LogP contribution is -2.44. The molecule has 2 aromatic rings. The predicted molar refractivity (Wildman–Crippen MR) is 98.7 cm³/mol. The first-order valence-corrected chi connectivity index (χ1v) is 8.89. The fourth-order valence-corrected chi connectivity index (χ4v) is 3.62. The molecule has 0 saturated carbocycles. The normalized spacial score (nSPS) is 16.8. The Morgan fingerprint density at radius 2 is 2.04 bits per heavy atom. The van der Waals surface area contributed by atoms with Crippen molar-refractivity contribution < 1.29 is 4.79 Å². The van der Waals surface area contributed by atoms with Crippen molar-refractivity contribution >= 4 is 23.3 Å². The molecule has 0 radical (unpaired) electrons. The largest absolute Gasteiger partial charge is 0.345 e. The molecule has 4 nitrogen and oxygen atoms in total.